The Kier molecular flexibility index (Phi) is 5.15. The first-order valence-corrected chi connectivity index (χ1v) is 8.11. The molecule has 23 heavy (non-hydrogen) atoms. The van der Waals surface area contributed by atoms with Gasteiger partial charge in [-0.25, -0.2) is 4.99 Å². The van der Waals surface area contributed by atoms with E-state index in [0.717, 1.165) is 36.5 Å². The van der Waals surface area contributed by atoms with Crippen molar-refractivity contribution in [2.45, 2.75) is 18.9 Å². The molecule has 6 heteroatoms. The fourth-order valence-electron chi connectivity index (χ4n) is 3.09. The number of hydrogen-bond acceptors (Lipinski definition) is 6. The van der Waals surface area contributed by atoms with Crippen molar-refractivity contribution in [2.24, 2.45) is 10.7 Å². The standard InChI is InChI=1S/C17H24N4O2/c18-17-12-21(14-4-2-6-19-10-14)16(11-20-17)13-3-1-5-15(9-13)23-8-7-22/h1,3,5,9,11,14,19,22H,2,4,6-8,10,12H2,(H2,18,20)/t14-/m0/s1. The first kappa shape index (κ1) is 15.8. The Hall–Kier alpha value is -2.05. The van der Waals surface area contributed by atoms with Gasteiger partial charge in [-0.05, 0) is 31.5 Å². The van der Waals surface area contributed by atoms with Crippen LogP contribution in [0.25, 0.3) is 5.70 Å². The molecular weight excluding hydrogens is 292 g/mol. The van der Waals surface area contributed by atoms with E-state index in [1.807, 2.05) is 24.4 Å². The topological polar surface area (TPSA) is 83.1 Å². The first-order chi connectivity index (χ1) is 11.3. The van der Waals surface area contributed by atoms with Crippen molar-refractivity contribution in [3.63, 3.8) is 0 Å². The van der Waals surface area contributed by atoms with Crippen LogP contribution in [-0.4, -0.2) is 54.7 Å². The predicted molar refractivity (Wildman–Crippen MR) is 91.2 cm³/mol. The maximum absolute atomic E-state index is 8.90. The zero-order chi connectivity index (χ0) is 16.1. The molecule has 3 rings (SSSR count). The van der Waals surface area contributed by atoms with E-state index in [9.17, 15) is 0 Å². The molecule has 1 fully saturated rings. The van der Waals surface area contributed by atoms with E-state index in [1.165, 1.54) is 6.42 Å². The van der Waals surface area contributed by atoms with E-state index in [1.54, 1.807) is 0 Å². The van der Waals surface area contributed by atoms with Crippen molar-refractivity contribution in [2.75, 3.05) is 32.8 Å². The first-order valence-electron chi connectivity index (χ1n) is 8.11. The molecule has 0 radical (unpaired) electrons. The molecule has 0 aliphatic carbocycles. The number of rotatable bonds is 5. The second-order valence-corrected chi connectivity index (χ2v) is 5.86. The minimum Gasteiger partial charge on any atom is -0.491 e. The number of aliphatic imine (C=N–C) groups is 1. The lowest BCUT2D eigenvalue weighted by molar-refractivity contribution is 0.201. The fourth-order valence-corrected chi connectivity index (χ4v) is 3.09. The Labute approximate surface area is 136 Å². The number of nitrogens with zero attached hydrogens (tertiary/aromatic N) is 2. The lowest BCUT2D eigenvalue weighted by Crippen LogP contribution is -2.48. The van der Waals surface area contributed by atoms with Crippen LogP contribution in [0.3, 0.4) is 0 Å². The number of ether oxygens (including phenoxy) is 1. The Balaban J connectivity index is 1.85. The molecule has 2 heterocycles. The zero-order valence-corrected chi connectivity index (χ0v) is 13.2. The minimum absolute atomic E-state index is 0.00756. The van der Waals surface area contributed by atoms with Gasteiger partial charge in [0.1, 0.15) is 18.2 Å². The van der Waals surface area contributed by atoms with Gasteiger partial charge in [0.05, 0.1) is 25.0 Å². The minimum atomic E-state index is 0.00756. The van der Waals surface area contributed by atoms with Gasteiger partial charge < -0.3 is 25.8 Å². The maximum atomic E-state index is 8.90. The molecule has 0 amide bonds. The van der Waals surface area contributed by atoms with Gasteiger partial charge in [0, 0.05) is 18.2 Å². The molecular formula is C17H24N4O2. The van der Waals surface area contributed by atoms with Gasteiger partial charge >= 0.3 is 0 Å². The number of aliphatic hydroxyl groups is 1. The molecule has 0 saturated carbocycles. The molecule has 1 aromatic rings. The summed E-state index contributed by atoms with van der Waals surface area (Å²) in [7, 11) is 0. The average Bonchev–Trinajstić information content (AvgIpc) is 2.61. The van der Waals surface area contributed by atoms with Gasteiger partial charge in [-0.2, -0.15) is 0 Å². The normalized spacial score (nSPS) is 21.6. The number of amidine groups is 1. The molecule has 1 aromatic carbocycles. The number of hydrogen-bond donors (Lipinski definition) is 3. The van der Waals surface area contributed by atoms with Gasteiger partial charge in [0.2, 0.25) is 0 Å². The molecule has 0 aromatic heterocycles. The van der Waals surface area contributed by atoms with Gasteiger partial charge in [-0.3, -0.25) is 0 Å². The van der Waals surface area contributed by atoms with E-state index in [2.05, 4.69) is 21.3 Å². The third-order valence-corrected chi connectivity index (χ3v) is 4.20. The lowest BCUT2D eigenvalue weighted by atomic mass is 10.0. The summed E-state index contributed by atoms with van der Waals surface area (Å²) in [6.07, 6.45) is 4.17. The third-order valence-electron chi connectivity index (χ3n) is 4.20. The molecule has 2 aliphatic heterocycles. The average molecular weight is 316 g/mol. The van der Waals surface area contributed by atoms with Crippen molar-refractivity contribution < 1.29 is 9.84 Å². The van der Waals surface area contributed by atoms with Crippen LogP contribution in [0.4, 0.5) is 0 Å². The van der Waals surface area contributed by atoms with E-state index >= 15 is 0 Å². The summed E-state index contributed by atoms with van der Waals surface area (Å²) in [5, 5.41) is 12.4. The summed E-state index contributed by atoms with van der Waals surface area (Å²) in [5.74, 6) is 1.40. The molecule has 6 nitrogen and oxygen atoms in total. The third kappa shape index (κ3) is 3.83. The van der Waals surface area contributed by atoms with Crippen molar-refractivity contribution in [3.8, 4) is 5.75 Å². The van der Waals surface area contributed by atoms with Crippen LogP contribution in [0.1, 0.15) is 18.4 Å². The van der Waals surface area contributed by atoms with Crippen LogP contribution in [0.5, 0.6) is 5.75 Å². The predicted octanol–water partition coefficient (Wildman–Crippen LogP) is 0.781. The van der Waals surface area contributed by atoms with E-state index in [4.69, 9.17) is 15.6 Å². The van der Waals surface area contributed by atoms with E-state index in [-0.39, 0.29) is 6.61 Å². The summed E-state index contributed by atoms with van der Waals surface area (Å²) >= 11 is 0. The van der Waals surface area contributed by atoms with Gasteiger partial charge in [-0.15, -0.1) is 0 Å². The van der Waals surface area contributed by atoms with Crippen molar-refractivity contribution in [1.29, 1.82) is 0 Å². The molecule has 1 atom stereocenters. The van der Waals surface area contributed by atoms with Crippen LogP contribution in [0, 0.1) is 0 Å². The number of nitrogens with one attached hydrogen (secondary N) is 1. The second-order valence-electron chi connectivity index (χ2n) is 5.86. The monoisotopic (exact) mass is 316 g/mol. The number of aliphatic hydroxyl groups excluding tert-OH is 1. The molecule has 4 N–H and O–H groups in total. The molecule has 0 spiro atoms. The highest BCUT2D eigenvalue weighted by Gasteiger charge is 2.26. The second kappa shape index (κ2) is 7.48. The fraction of sp³-hybridized carbons (Fsp3) is 0.471. The Morgan fingerprint density at radius 3 is 3.13 bits per heavy atom. The maximum Gasteiger partial charge on any atom is 0.120 e. The van der Waals surface area contributed by atoms with Crippen molar-refractivity contribution in [3.05, 3.63) is 36.0 Å². The van der Waals surface area contributed by atoms with Crippen molar-refractivity contribution in [1.82, 2.24) is 10.2 Å². The zero-order valence-electron chi connectivity index (χ0n) is 13.2. The van der Waals surface area contributed by atoms with Crippen LogP contribution in [-0.2, 0) is 0 Å². The Morgan fingerprint density at radius 1 is 1.43 bits per heavy atom. The lowest BCUT2D eigenvalue weighted by Gasteiger charge is -2.39. The molecule has 124 valence electrons. The number of piperidine rings is 1. The highest BCUT2D eigenvalue weighted by molar-refractivity contribution is 5.87. The van der Waals surface area contributed by atoms with E-state index < -0.39 is 0 Å². The molecule has 0 unspecified atom stereocenters. The Morgan fingerprint density at radius 2 is 2.35 bits per heavy atom. The van der Waals surface area contributed by atoms with E-state index in [0.29, 0.717) is 25.0 Å². The van der Waals surface area contributed by atoms with Gasteiger partial charge in [0.25, 0.3) is 0 Å². The van der Waals surface area contributed by atoms with Crippen LogP contribution in [0.2, 0.25) is 0 Å². The smallest absolute Gasteiger partial charge is 0.120 e. The van der Waals surface area contributed by atoms with Crippen LogP contribution < -0.4 is 15.8 Å². The molecule has 2 aliphatic rings. The summed E-state index contributed by atoms with van der Waals surface area (Å²) in [4.78, 5) is 6.65. The summed E-state index contributed by atoms with van der Waals surface area (Å²) < 4.78 is 5.52. The quantitative estimate of drug-likeness (QED) is 0.748. The van der Waals surface area contributed by atoms with Crippen LogP contribution in [0.15, 0.2) is 35.5 Å². The van der Waals surface area contributed by atoms with Crippen LogP contribution >= 0.6 is 0 Å². The summed E-state index contributed by atoms with van der Waals surface area (Å²) in [6, 6.07) is 8.32. The molecule has 0 bridgehead atoms. The summed E-state index contributed by atoms with van der Waals surface area (Å²) in [5.41, 5.74) is 8.09. The number of nitrogens with two attached hydrogens (primary N) is 1. The SMILES string of the molecule is NC1=NC=C(c2cccc(OCCO)c2)N([C@H]2CCCNC2)C1. The van der Waals surface area contributed by atoms with Crippen molar-refractivity contribution >= 4 is 11.5 Å². The largest absolute Gasteiger partial charge is 0.491 e. The van der Waals surface area contributed by atoms with Gasteiger partial charge in [-0.1, -0.05) is 12.1 Å². The number of benzene rings is 1. The highest BCUT2D eigenvalue weighted by atomic mass is 16.5. The van der Waals surface area contributed by atoms with Gasteiger partial charge in [0.15, 0.2) is 0 Å². The Bertz CT molecular complexity index is 594. The summed E-state index contributed by atoms with van der Waals surface area (Å²) in [6.45, 7) is 3.00. The highest BCUT2D eigenvalue weighted by Crippen LogP contribution is 2.28. The molecule has 1 saturated heterocycles.